The van der Waals surface area contributed by atoms with Crippen LogP contribution in [0.25, 0.3) is 0 Å². The molecule has 3 heteroatoms. The van der Waals surface area contributed by atoms with Crippen LogP contribution < -0.4 is 4.74 Å². The van der Waals surface area contributed by atoms with Gasteiger partial charge in [-0.05, 0) is 56.9 Å². The summed E-state index contributed by atoms with van der Waals surface area (Å²) in [7, 11) is 0. The molecule has 118 valence electrons. The smallest absolute Gasteiger partial charge is 0.138 e. The normalized spacial score (nSPS) is 26.9. The fraction of sp³-hybridized carbons (Fsp3) is 0.722. The summed E-state index contributed by atoms with van der Waals surface area (Å²) >= 11 is 0. The van der Waals surface area contributed by atoms with E-state index in [0.29, 0.717) is 11.3 Å². The van der Waals surface area contributed by atoms with Gasteiger partial charge in [-0.15, -0.1) is 0 Å². The Morgan fingerprint density at radius 3 is 2.38 bits per heavy atom. The van der Waals surface area contributed by atoms with E-state index < -0.39 is 5.60 Å². The SMILES string of the molecule is CC(C)Oc1cncc(C2(O)CCC(C(C)(C)C)CC2)c1. The number of aromatic nitrogens is 1. The fourth-order valence-electron chi connectivity index (χ4n) is 3.26. The second-order valence-corrected chi connectivity index (χ2v) is 7.75. The number of pyridine rings is 1. The first-order valence-corrected chi connectivity index (χ1v) is 8.05. The molecule has 1 saturated carbocycles. The van der Waals surface area contributed by atoms with Gasteiger partial charge < -0.3 is 9.84 Å². The van der Waals surface area contributed by atoms with Crippen LogP contribution in [0.3, 0.4) is 0 Å². The Balaban J connectivity index is 2.11. The summed E-state index contributed by atoms with van der Waals surface area (Å²) in [6.45, 7) is 10.9. The molecule has 0 atom stereocenters. The van der Waals surface area contributed by atoms with Crippen molar-refractivity contribution in [2.24, 2.45) is 11.3 Å². The Kier molecular flexibility index (Phi) is 4.62. The van der Waals surface area contributed by atoms with E-state index >= 15 is 0 Å². The number of hydrogen-bond acceptors (Lipinski definition) is 3. The summed E-state index contributed by atoms with van der Waals surface area (Å²) in [6.07, 6.45) is 7.36. The fourth-order valence-corrected chi connectivity index (χ4v) is 3.26. The molecular weight excluding hydrogens is 262 g/mol. The average molecular weight is 291 g/mol. The van der Waals surface area contributed by atoms with Gasteiger partial charge in [0, 0.05) is 11.8 Å². The molecule has 1 fully saturated rings. The second-order valence-electron chi connectivity index (χ2n) is 7.75. The first kappa shape index (κ1) is 16.3. The summed E-state index contributed by atoms with van der Waals surface area (Å²) in [5.74, 6) is 1.43. The van der Waals surface area contributed by atoms with E-state index in [4.69, 9.17) is 4.74 Å². The Morgan fingerprint density at radius 1 is 1.24 bits per heavy atom. The van der Waals surface area contributed by atoms with Crippen molar-refractivity contribution in [3.63, 3.8) is 0 Å². The largest absolute Gasteiger partial charge is 0.489 e. The molecule has 0 radical (unpaired) electrons. The molecule has 0 unspecified atom stereocenters. The van der Waals surface area contributed by atoms with Crippen molar-refractivity contribution in [3.05, 3.63) is 24.0 Å². The Labute approximate surface area is 128 Å². The van der Waals surface area contributed by atoms with Crippen LogP contribution in [0.1, 0.15) is 65.9 Å². The lowest BCUT2D eigenvalue weighted by Gasteiger charge is -2.41. The summed E-state index contributed by atoms with van der Waals surface area (Å²) in [4.78, 5) is 4.24. The molecule has 0 amide bonds. The molecule has 0 aromatic carbocycles. The highest BCUT2D eigenvalue weighted by atomic mass is 16.5. The summed E-state index contributed by atoms with van der Waals surface area (Å²) in [5, 5.41) is 11.0. The van der Waals surface area contributed by atoms with Crippen LogP contribution in [0.4, 0.5) is 0 Å². The molecule has 1 aromatic heterocycles. The minimum atomic E-state index is -0.745. The zero-order chi connectivity index (χ0) is 15.7. The Morgan fingerprint density at radius 2 is 1.86 bits per heavy atom. The third-order valence-electron chi connectivity index (χ3n) is 4.66. The zero-order valence-electron chi connectivity index (χ0n) is 14.0. The van der Waals surface area contributed by atoms with Gasteiger partial charge in [-0.3, -0.25) is 4.98 Å². The minimum Gasteiger partial charge on any atom is -0.489 e. The lowest BCUT2D eigenvalue weighted by atomic mass is 9.67. The van der Waals surface area contributed by atoms with E-state index in [0.717, 1.165) is 37.0 Å². The molecule has 0 saturated heterocycles. The van der Waals surface area contributed by atoms with Gasteiger partial charge in [0.25, 0.3) is 0 Å². The number of hydrogen-bond donors (Lipinski definition) is 1. The Hall–Kier alpha value is -1.09. The van der Waals surface area contributed by atoms with Gasteiger partial charge in [0.2, 0.25) is 0 Å². The molecule has 1 aliphatic rings. The van der Waals surface area contributed by atoms with Gasteiger partial charge in [0.1, 0.15) is 5.75 Å². The van der Waals surface area contributed by atoms with E-state index in [-0.39, 0.29) is 6.10 Å². The highest BCUT2D eigenvalue weighted by Gasteiger charge is 2.38. The topological polar surface area (TPSA) is 42.4 Å². The number of aliphatic hydroxyl groups is 1. The highest BCUT2D eigenvalue weighted by Crippen LogP contribution is 2.45. The second kappa shape index (κ2) is 5.96. The van der Waals surface area contributed by atoms with Crippen molar-refractivity contribution < 1.29 is 9.84 Å². The zero-order valence-corrected chi connectivity index (χ0v) is 14.0. The number of rotatable bonds is 3. The van der Waals surface area contributed by atoms with E-state index in [9.17, 15) is 5.11 Å². The molecule has 0 bridgehead atoms. The monoisotopic (exact) mass is 291 g/mol. The van der Waals surface area contributed by atoms with Gasteiger partial charge in [-0.1, -0.05) is 20.8 Å². The molecule has 1 heterocycles. The molecule has 2 rings (SSSR count). The first-order chi connectivity index (χ1) is 9.71. The van der Waals surface area contributed by atoms with Crippen molar-refractivity contribution >= 4 is 0 Å². The van der Waals surface area contributed by atoms with Crippen LogP contribution in [0.2, 0.25) is 0 Å². The van der Waals surface area contributed by atoms with Crippen LogP contribution in [0.15, 0.2) is 18.5 Å². The van der Waals surface area contributed by atoms with Gasteiger partial charge in [0.15, 0.2) is 0 Å². The van der Waals surface area contributed by atoms with Crippen LogP contribution in [0.5, 0.6) is 5.75 Å². The molecule has 1 aliphatic carbocycles. The van der Waals surface area contributed by atoms with Crippen molar-refractivity contribution in [2.75, 3.05) is 0 Å². The predicted molar refractivity (Wildman–Crippen MR) is 85.3 cm³/mol. The number of nitrogens with zero attached hydrogens (tertiary/aromatic N) is 1. The quantitative estimate of drug-likeness (QED) is 0.903. The average Bonchev–Trinajstić information content (AvgIpc) is 2.37. The lowest BCUT2D eigenvalue weighted by molar-refractivity contribution is -0.0302. The van der Waals surface area contributed by atoms with Crippen LogP contribution in [0, 0.1) is 11.3 Å². The predicted octanol–water partition coefficient (Wildman–Crippen LogP) is 4.29. The molecule has 3 nitrogen and oxygen atoms in total. The first-order valence-electron chi connectivity index (χ1n) is 8.05. The van der Waals surface area contributed by atoms with Crippen molar-refractivity contribution in [3.8, 4) is 5.75 Å². The van der Waals surface area contributed by atoms with E-state index in [1.807, 2.05) is 19.9 Å². The molecule has 0 aliphatic heterocycles. The molecule has 1 aromatic rings. The van der Waals surface area contributed by atoms with Gasteiger partial charge in [-0.2, -0.15) is 0 Å². The van der Waals surface area contributed by atoms with Crippen LogP contribution >= 0.6 is 0 Å². The van der Waals surface area contributed by atoms with Crippen LogP contribution in [-0.2, 0) is 5.60 Å². The van der Waals surface area contributed by atoms with Gasteiger partial charge in [0.05, 0.1) is 17.9 Å². The van der Waals surface area contributed by atoms with E-state index in [1.165, 1.54) is 0 Å². The van der Waals surface area contributed by atoms with Crippen molar-refractivity contribution in [2.45, 2.75) is 72.0 Å². The third-order valence-corrected chi connectivity index (χ3v) is 4.66. The summed E-state index contributed by atoms with van der Waals surface area (Å²) in [6, 6.07) is 1.95. The summed E-state index contributed by atoms with van der Waals surface area (Å²) in [5.41, 5.74) is 0.473. The van der Waals surface area contributed by atoms with Crippen molar-refractivity contribution in [1.82, 2.24) is 4.98 Å². The highest BCUT2D eigenvalue weighted by molar-refractivity contribution is 5.28. The number of ether oxygens (including phenoxy) is 1. The van der Waals surface area contributed by atoms with E-state index in [1.54, 1.807) is 12.4 Å². The van der Waals surface area contributed by atoms with Gasteiger partial charge in [-0.25, -0.2) is 0 Å². The summed E-state index contributed by atoms with van der Waals surface area (Å²) < 4.78 is 5.69. The molecule has 21 heavy (non-hydrogen) atoms. The maximum absolute atomic E-state index is 11.0. The Bertz CT molecular complexity index is 468. The third kappa shape index (κ3) is 3.97. The molecule has 1 N–H and O–H groups in total. The molecular formula is C18H29NO2. The van der Waals surface area contributed by atoms with Gasteiger partial charge >= 0.3 is 0 Å². The minimum absolute atomic E-state index is 0.119. The maximum Gasteiger partial charge on any atom is 0.138 e. The maximum atomic E-state index is 11.0. The van der Waals surface area contributed by atoms with Crippen LogP contribution in [-0.4, -0.2) is 16.2 Å². The standard InChI is InChI=1S/C18H29NO2/c1-13(2)21-16-10-15(11-19-12-16)18(20)8-6-14(7-9-18)17(3,4)5/h10-14,20H,6-9H2,1-5H3. The van der Waals surface area contributed by atoms with Crippen molar-refractivity contribution in [1.29, 1.82) is 0 Å². The molecule has 0 spiro atoms. The lowest BCUT2D eigenvalue weighted by Crippen LogP contribution is -2.35. The van der Waals surface area contributed by atoms with E-state index in [2.05, 4.69) is 25.8 Å².